The topological polar surface area (TPSA) is 55.4 Å². The molecule has 4 nitrogen and oxygen atoms in total. The van der Waals surface area contributed by atoms with Crippen LogP contribution in [0.15, 0.2) is 48.5 Å². The third-order valence-electron chi connectivity index (χ3n) is 4.25. The third kappa shape index (κ3) is 3.82. The Kier molecular flexibility index (Phi) is 4.94. The molecule has 4 heteroatoms. The van der Waals surface area contributed by atoms with Gasteiger partial charge in [-0.05, 0) is 13.0 Å². The van der Waals surface area contributed by atoms with E-state index in [1.807, 2.05) is 55.5 Å². The van der Waals surface area contributed by atoms with Gasteiger partial charge in [-0.15, -0.1) is 0 Å². The van der Waals surface area contributed by atoms with Crippen molar-refractivity contribution < 1.29 is 14.3 Å². The van der Waals surface area contributed by atoms with Crippen LogP contribution in [-0.4, -0.2) is 18.3 Å². The predicted molar refractivity (Wildman–Crippen MR) is 92.2 cm³/mol. The van der Waals surface area contributed by atoms with Crippen molar-refractivity contribution in [2.75, 3.05) is 6.61 Å². The van der Waals surface area contributed by atoms with E-state index >= 15 is 0 Å². The van der Waals surface area contributed by atoms with E-state index in [2.05, 4.69) is 5.32 Å². The van der Waals surface area contributed by atoms with E-state index in [1.54, 1.807) is 0 Å². The predicted octanol–water partition coefficient (Wildman–Crippen LogP) is 3.60. The molecule has 1 N–H and O–H groups in total. The summed E-state index contributed by atoms with van der Waals surface area (Å²) in [4.78, 5) is 24.4. The summed E-state index contributed by atoms with van der Waals surface area (Å²) in [5.41, 5.74) is 2.77. The summed E-state index contributed by atoms with van der Waals surface area (Å²) < 4.78 is 5.60. The lowest BCUT2D eigenvalue weighted by molar-refractivity contribution is -0.122. The highest BCUT2D eigenvalue weighted by atomic mass is 16.5. The van der Waals surface area contributed by atoms with Gasteiger partial charge in [-0.1, -0.05) is 48.0 Å². The largest absolute Gasteiger partial charge is 0.493 e. The Labute approximate surface area is 141 Å². The summed E-state index contributed by atoms with van der Waals surface area (Å²) in [7, 11) is 0. The van der Waals surface area contributed by atoms with Gasteiger partial charge in [0.25, 0.3) is 0 Å². The average Bonchev–Trinajstić information content (AvgIpc) is 2.61. The number of fused-ring (bicyclic) bond motifs is 1. The molecule has 0 fully saturated rings. The van der Waals surface area contributed by atoms with Gasteiger partial charge in [0.2, 0.25) is 5.91 Å². The minimum absolute atomic E-state index is 0.00229. The van der Waals surface area contributed by atoms with Gasteiger partial charge in [-0.3, -0.25) is 9.59 Å². The van der Waals surface area contributed by atoms with Crippen LogP contribution in [0.4, 0.5) is 0 Å². The first-order valence-corrected chi connectivity index (χ1v) is 8.24. The average molecular weight is 323 g/mol. The molecule has 0 aliphatic carbocycles. The summed E-state index contributed by atoms with van der Waals surface area (Å²) in [5, 5.41) is 3.02. The second kappa shape index (κ2) is 7.30. The molecule has 1 aliphatic rings. The molecule has 1 atom stereocenters. The van der Waals surface area contributed by atoms with Crippen LogP contribution in [-0.2, 0) is 4.79 Å². The number of ether oxygens (including phenoxy) is 1. The Morgan fingerprint density at radius 1 is 1.08 bits per heavy atom. The van der Waals surface area contributed by atoms with Crippen molar-refractivity contribution in [2.45, 2.75) is 32.2 Å². The lowest BCUT2D eigenvalue weighted by Crippen LogP contribution is -2.32. The van der Waals surface area contributed by atoms with Crippen LogP contribution < -0.4 is 10.1 Å². The number of ketones is 1. The first kappa shape index (κ1) is 16.2. The van der Waals surface area contributed by atoms with Crippen LogP contribution in [0.2, 0.25) is 0 Å². The van der Waals surface area contributed by atoms with Crippen LogP contribution in [0.25, 0.3) is 0 Å². The molecule has 3 rings (SSSR count). The number of hydrogen-bond donors (Lipinski definition) is 1. The molecule has 0 saturated carbocycles. The molecule has 0 saturated heterocycles. The second-order valence-electron chi connectivity index (χ2n) is 6.08. The van der Waals surface area contributed by atoms with E-state index in [1.165, 1.54) is 0 Å². The molecule has 1 unspecified atom stereocenters. The first-order chi connectivity index (χ1) is 11.6. The van der Waals surface area contributed by atoms with Crippen LogP contribution in [0.1, 0.15) is 46.8 Å². The van der Waals surface area contributed by atoms with Gasteiger partial charge in [-0.2, -0.15) is 0 Å². The Morgan fingerprint density at radius 2 is 1.83 bits per heavy atom. The number of benzene rings is 2. The zero-order valence-corrected chi connectivity index (χ0v) is 13.7. The van der Waals surface area contributed by atoms with Gasteiger partial charge in [0, 0.05) is 30.4 Å². The molecule has 0 bridgehead atoms. The molecule has 0 spiro atoms. The zero-order chi connectivity index (χ0) is 16.9. The van der Waals surface area contributed by atoms with Crippen molar-refractivity contribution in [1.29, 1.82) is 0 Å². The maximum absolute atomic E-state index is 12.2. The number of carbonyl (C=O) groups is 2. The minimum Gasteiger partial charge on any atom is -0.493 e. The number of nitrogens with one attached hydrogen (secondary N) is 1. The zero-order valence-electron chi connectivity index (χ0n) is 13.7. The number of hydrogen-bond acceptors (Lipinski definition) is 3. The Balaban J connectivity index is 1.55. The van der Waals surface area contributed by atoms with Gasteiger partial charge in [0.05, 0.1) is 12.6 Å². The molecular weight excluding hydrogens is 302 g/mol. The van der Waals surface area contributed by atoms with Crippen LogP contribution in [0, 0.1) is 6.92 Å². The van der Waals surface area contributed by atoms with E-state index in [4.69, 9.17) is 4.74 Å². The fraction of sp³-hybridized carbons (Fsp3) is 0.300. The lowest BCUT2D eigenvalue weighted by atomic mass is 10.00. The van der Waals surface area contributed by atoms with Crippen molar-refractivity contribution in [3.8, 4) is 5.75 Å². The van der Waals surface area contributed by atoms with Crippen LogP contribution >= 0.6 is 0 Å². The third-order valence-corrected chi connectivity index (χ3v) is 4.25. The molecule has 1 amide bonds. The molecule has 0 aromatic heterocycles. The summed E-state index contributed by atoms with van der Waals surface area (Å²) in [5.74, 6) is 0.722. The molecule has 2 aromatic rings. The highest BCUT2D eigenvalue weighted by molar-refractivity contribution is 5.98. The number of para-hydroxylation sites is 1. The monoisotopic (exact) mass is 323 g/mol. The van der Waals surface area contributed by atoms with E-state index in [-0.39, 0.29) is 30.6 Å². The normalized spacial score (nSPS) is 16.0. The fourth-order valence-corrected chi connectivity index (χ4v) is 2.87. The fourth-order valence-electron chi connectivity index (χ4n) is 2.87. The molecular formula is C20H21NO3. The number of Topliss-reactive ketones (excluding diaryl/α,β-unsaturated/α-hetero) is 1. The highest BCUT2D eigenvalue weighted by Crippen LogP contribution is 2.31. The summed E-state index contributed by atoms with van der Waals surface area (Å²) in [6, 6.07) is 15.1. The highest BCUT2D eigenvalue weighted by Gasteiger charge is 2.22. The Bertz CT molecular complexity index is 737. The van der Waals surface area contributed by atoms with Crippen molar-refractivity contribution in [1.82, 2.24) is 5.32 Å². The molecule has 1 heterocycles. The van der Waals surface area contributed by atoms with E-state index in [0.29, 0.717) is 12.2 Å². The number of rotatable bonds is 5. The van der Waals surface area contributed by atoms with Gasteiger partial charge in [0.15, 0.2) is 5.78 Å². The Hall–Kier alpha value is -2.62. The second-order valence-corrected chi connectivity index (χ2v) is 6.08. The molecule has 2 aromatic carbocycles. The number of amides is 1. The number of aryl methyl sites for hydroxylation is 1. The van der Waals surface area contributed by atoms with Crippen LogP contribution in [0.5, 0.6) is 5.75 Å². The van der Waals surface area contributed by atoms with Crippen molar-refractivity contribution in [3.05, 3.63) is 65.2 Å². The summed E-state index contributed by atoms with van der Waals surface area (Å²) >= 11 is 0. The molecule has 1 aliphatic heterocycles. The van der Waals surface area contributed by atoms with E-state index in [9.17, 15) is 9.59 Å². The van der Waals surface area contributed by atoms with Gasteiger partial charge in [-0.25, -0.2) is 0 Å². The van der Waals surface area contributed by atoms with Gasteiger partial charge >= 0.3 is 0 Å². The first-order valence-electron chi connectivity index (χ1n) is 8.24. The molecule has 24 heavy (non-hydrogen) atoms. The summed E-state index contributed by atoms with van der Waals surface area (Å²) in [6.45, 7) is 2.57. The maximum atomic E-state index is 12.2. The van der Waals surface area contributed by atoms with Gasteiger partial charge in [0.1, 0.15) is 5.75 Å². The minimum atomic E-state index is -0.0998. The van der Waals surface area contributed by atoms with Gasteiger partial charge < -0.3 is 10.1 Å². The number of carbonyl (C=O) groups excluding carboxylic acids is 2. The lowest BCUT2D eigenvalue weighted by Gasteiger charge is -2.26. The molecule has 0 radical (unpaired) electrons. The SMILES string of the molecule is Cc1ccc(C(=O)CCC(=O)NC2CCOc3ccccc32)cc1. The molecule has 124 valence electrons. The van der Waals surface area contributed by atoms with Crippen molar-refractivity contribution >= 4 is 11.7 Å². The van der Waals surface area contributed by atoms with E-state index in [0.717, 1.165) is 23.3 Å². The summed E-state index contributed by atoms with van der Waals surface area (Å²) in [6.07, 6.45) is 1.17. The van der Waals surface area contributed by atoms with Crippen LogP contribution in [0.3, 0.4) is 0 Å². The van der Waals surface area contributed by atoms with Crippen molar-refractivity contribution in [3.63, 3.8) is 0 Å². The smallest absolute Gasteiger partial charge is 0.220 e. The Morgan fingerprint density at radius 3 is 2.62 bits per heavy atom. The van der Waals surface area contributed by atoms with E-state index < -0.39 is 0 Å². The standard InChI is InChI=1S/C20H21NO3/c1-14-6-8-15(9-7-14)18(22)10-11-20(23)21-17-12-13-24-19-5-3-2-4-16(17)19/h2-9,17H,10-13H2,1H3,(H,21,23). The van der Waals surface area contributed by atoms with Crippen molar-refractivity contribution in [2.24, 2.45) is 0 Å². The quantitative estimate of drug-likeness (QED) is 0.855. The maximum Gasteiger partial charge on any atom is 0.220 e.